The number of sulfonamides is 1. The molecule has 0 saturated carbocycles. The first kappa shape index (κ1) is 14.0. The van der Waals surface area contributed by atoms with Gasteiger partial charge in [-0.1, -0.05) is 6.07 Å². The zero-order chi connectivity index (χ0) is 14.2. The molecule has 1 aromatic carbocycles. The topological polar surface area (TPSA) is 58.2 Å². The third kappa shape index (κ3) is 2.90. The van der Waals surface area contributed by atoms with Gasteiger partial charge in [0.05, 0.1) is 4.90 Å². The average molecular weight is 294 g/mol. The zero-order valence-corrected chi connectivity index (χ0v) is 12.7. The van der Waals surface area contributed by atoms with Gasteiger partial charge in [-0.05, 0) is 62.3 Å². The van der Waals surface area contributed by atoms with Crippen molar-refractivity contribution in [3.8, 4) is 0 Å². The van der Waals surface area contributed by atoms with Gasteiger partial charge in [0.25, 0.3) is 0 Å². The molecule has 20 heavy (non-hydrogen) atoms. The monoisotopic (exact) mass is 294 g/mol. The van der Waals surface area contributed by atoms with Crippen LogP contribution < -0.4 is 10.0 Å². The van der Waals surface area contributed by atoms with E-state index in [0.717, 1.165) is 32.1 Å². The maximum atomic E-state index is 12.4. The molecule has 1 aliphatic carbocycles. The van der Waals surface area contributed by atoms with E-state index in [2.05, 4.69) is 17.0 Å². The lowest BCUT2D eigenvalue weighted by atomic mass is 10.0. The van der Waals surface area contributed by atoms with Crippen LogP contribution in [-0.4, -0.2) is 27.0 Å². The normalized spacial score (nSPS) is 26.4. The maximum Gasteiger partial charge on any atom is 0.240 e. The number of nitrogens with one attached hydrogen (secondary N) is 2. The van der Waals surface area contributed by atoms with Crippen LogP contribution in [-0.2, 0) is 22.9 Å². The number of hydrogen-bond acceptors (Lipinski definition) is 3. The number of benzene rings is 1. The molecule has 0 radical (unpaired) electrons. The summed E-state index contributed by atoms with van der Waals surface area (Å²) in [7, 11) is -3.39. The molecule has 1 aromatic rings. The molecule has 1 saturated heterocycles. The molecule has 3 rings (SSSR count). The van der Waals surface area contributed by atoms with Crippen molar-refractivity contribution in [1.82, 2.24) is 10.0 Å². The average Bonchev–Trinajstić information content (AvgIpc) is 2.88. The molecule has 2 N–H and O–H groups in total. The Labute approximate surface area is 121 Å². The molecule has 1 heterocycles. The maximum absolute atomic E-state index is 12.4. The molecule has 1 fully saturated rings. The molecule has 0 amide bonds. The Bertz CT molecular complexity index is 590. The van der Waals surface area contributed by atoms with Gasteiger partial charge >= 0.3 is 0 Å². The van der Waals surface area contributed by atoms with Gasteiger partial charge in [0.15, 0.2) is 0 Å². The van der Waals surface area contributed by atoms with Crippen molar-refractivity contribution in [1.29, 1.82) is 0 Å². The molecule has 4 nitrogen and oxygen atoms in total. The molecule has 1 aliphatic heterocycles. The summed E-state index contributed by atoms with van der Waals surface area (Å²) in [5.74, 6) is 0. The summed E-state index contributed by atoms with van der Waals surface area (Å²) in [5.41, 5.74) is 2.50. The van der Waals surface area contributed by atoms with Gasteiger partial charge in [-0.25, -0.2) is 13.1 Å². The van der Waals surface area contributed by atoms with Crippen molar-refractivity contribution in [3.63, 3.8) is 0 Å². The van der Waals surface area contributed by atoms with Gasteiger partial charge in [-0.2, -0.15) is 0 Å². The summed E-state index contributed by atoms with van der Waals surface area (Å²) < 4.78 is 27.7. The minimum absolute atomic E-state index is 0.00412. The molecule has 2 atom stereocenters. The fourth-order valence-corrected chi connectivity index (χ4v) is 4.42. The van der Waals surface area contributed by atoms with Crippen molar-refractivity contribution in [2.45, 2.75) is 56.0 Å². The standard InChI is InChI=1S/C15H22N2O2S/c1-11-5-7-14(10-16-11)17-20(18,19)15-8-6-12-3-2-4-13(12)9-15/h6,8-9,11,14,16-17H,2-5,7,10H2,1H3. The highest BCUT2D eigenvalue weighted by atomic mass is 32.2. The van der Waals surface area contributed by atoms with Crippen LogP contribution in [0.15, 0.2) is 23.1 Å². The third-order valence-corrected chi connectivity index (χ3v) is 5.88. The fraction of sp³-hybridized carbons (Fsp3) is 0.600. The van der Waals surface area contributed by atoms with Gasteiger partial charge in [0, 0.05) is 18.6 Å². The van der Waals surface area contributed by atoms with E-state index in [1.54, 1.807) is 6.07 Å². The Morgan fingerprint density at radius 2 is 2.00 bits per heavy atom. The second-order valence-electron chi connectivity index (χ2n) is 5.99. The van der Waals surface area contributed by atoms with Crippen molar-refractivity contribution < 1.29 is 8.42 Å². The number of aryl methyl sites for hydroxylation is 2. The SMILES string of the molecule is CC1CCC(NS(=O)(=O)c2ccc3c(c2)CCC3)CN1. The van der Waals surface area contributed by atoms with Crippen LogP contribution in [0.2, 0.25) is 0 Å². The molecular formula is C15H22N2O2S. The molecule has 110 valence electrons. The van der Waals surface area contributed by atoms with E-state index in [1.807, 2.05) is 12.1 Å². The minimum atomic E-state index is -3.39. The first-order valence-electron chi connectivity index (χ1n) is 7.42. The van der Waals surface area contributed by atoms with Crippen molar-refractivity contribution >= 4 is 10.0 Å². The second-order valence-corrected chi connectivity index (χ2v) is 7.70. The summed E-state index contributed by atoms with van der Waals surface area (Å²) in [5, 5.41) is 3.32. The van der Waals surface area contributed by atoms with E-state index >= 15 is 0 Å². The lowest BCUT2D eigenvalue weighted by Gasteiger charge is -2.28. The Kier molecular flexibility index (Phi) is 3.84. The van der Waals surface area contributed by atoms with Crippen LogP contribution in [0.5, 0.6) is 0 Å². The fourth-order valence-electron chi connectivity index (χ4n) is 3.10. The largest absolute Gasteiger partial charge is 0.313 e. The Balaban J connectivity index is 1.75. The molecule has 2 unspecified atom stereocenters. The van der Waals surface area contributed by atoms with Crippen molar-refractivity contribution in [2.24, 2.45) is 0 Å². The quantitative estimate of drug-likeness (QED) is 0.890. The van der Waals surface area contributed by atoms with Crippen LogP contribution in [0, 0.1) is 0 Å². The van der Waals surface area contributed by atoms with Crippen LogP contribution in [0.1, 0.15) is 37.3 Å². The number of rotatable bonds is 3. The Morgan fingerprint density at radius 3 is 2.75 bits per heavy atom. The van der Waals surface area contributed by atoms with E-state index in [1.165, 1.54) is 11.1 Å². The van der Waals surface area contributed by atoms with Crippen LogP contribution >= 0.6 is 0 Å². The van der Waals surface area contributed by atoms with Crippen LogP contribution in [0.3, 0.4) is 0 Å². The zero-order valence-electron chi connectivity index (χ0n) is 11.9. The van der Waals surface area contributed by atoms with Crippen molar-refractivity contribution in [2.75, 3.05) is 6.54 Å². The number of fused-ring (bicyclic) bond motifs is 1. The van der Waals surface area contributed by atoms with E-state index in [-0.39, 0.29) is 6.04 Å². The summed E-state index contributed by atoms with van der Waals surface area (Å²) in [6.45, 7) is 2.84. The predicted octanol–water partition coefficient (Wildman–Crippen LogP) is 1.59. The summed E-state index contributed by atoms with van der Waals surface area (Å²) >= 11 is 0. The van der Waals surface area contributed by atoms with Gasteiger partial charge in [0.1, 0.15) is 0 Å². The third-order valence-electron chi connectivity index (χ3n) is 4.36. The van der Waals surface area contributed by atoms with Crippen LogP contribution in [0.4, 0.5) is 0 Å². The first-order valence-corrected chi connectivity index (χ1v) is 8.90. The highest BCUT2D eigenvalue weighted by Gasteiger charge is 2.24. The smallest absolute Gasteiger partial charge is 0.240 e. The second kappa shape index (κ2) is 5.47. The number of hydrogen-bond donors (Lipinski definition) is 2. The van der Waals surface area contributed by atoms with Crippen LogP contribution in [0.25, 0.3) is 0 Å². The summed E-state index contributed by atoms with van der Waals surface area (Å²) in [6.07, 6.45) is 5.13. The first-order chi connectivity index (χ1) is 9.54. The van der Waals surface area contributed by atoms with E-state index in [9.17, 15) is 8.42 Å². The highest BCUT2D eigenvalue weighted by Crippen LogP contribution is 2.25. The summed E-state index contributed by atoms with van der Waals surface area (Å²) in [4.78, 5) is 0.414. The molecule has 0 bridgehead atoms. The summed E-state index contributed by atoms with van der Waals surface area (Å²) in [6, 6.07) is 6.05. The lowest BCUT2D eigenvalue weighted by molar-refractivity contribution is 0.366. The highest BCUT2D eigenvalue weighted by molar-refractivity contribution is 7.89. The van der Waals surface area contributed by atoms with Gasteiger partial charge in [-0.3, -0.25) is 0 Å². The number of piperidine rings is 1. The predicted molar refractivity (Wildman–Crippen MR) is 79.3 cm³/mol. The van der Waals surface area contributed by atoms with E-state index in [4.69, 9.17) is 0 Å². The van der Waals surface area contributed by atoms with Gasteiger partial charge in [-0.15, -0.1) is 0 Å². The van der Waals surface area contributed by atoms with E-state index < -0.39 is 10.0 Å². The molecular weight excluding hydrogens is 272 g/mol. The lowest BCUT2D eigenvalue weighted by Crippen LogP contribution is -2.48. The molecule has 2 aliphatic rings. The molecule has 5 heteroatoms. The van der Waals surface area contributed by atoms with Gasteiger partial charge in [0.2, 0.25) is 10.0 Å². The van der Waals surface area contributed by atoms with Gasteiger partial charge < -0.3 is 5.32 Å². The van der Waals surface area contributed by atoms with E-state index in [0.29, 0.717) is 17.5 Å². The minimum Gasteiger partial charge on any atom is -0.313 e. The Morgan fingerprint density at radius 1 is 1.20 bits per heavy atom. The Hall–Kier alpha value is -0.910. The van der Waals surface area contributed by atoms with Crippen molar-refractivity contribution in [3.05, 3.63) is 29.3 Å². The molecule has 0 aromatic heterocycles. The molecule has 0 spiro atoms.